The highest BCUT2D eigenvalue weighted by Gasteiger charge is 2.37. The van der Waals surface area contributed by atoms with Crippen molar-refractivity contribution in [2.75, 3.05) is 10.0 Å². The fourth-order valence-electron chi connectivity index (χ4n) is 7.75. The predicted molar refractivity (Wildman–Crippen MR) is 209 cm³/mol. The van der Waals surface area contributed by atoms with Crippen LogP contribution < -0.4 is 15.4 Å². The molecule has 2 amide bonds. The van der Waals surface area contributed by atoms with Crippen LogP contribution in [0.5, 0.6) is 0 Å². The van der Waals surface area contributed by atoms with Crippen molar-refractivity contribution in [1.82, 2.24) is 5.43 Å². The number of fused-ring (bicyclic) bond motifs is 6. The molecule has 1 aliphatic heterocycles. The molecule has 0 bridgehead atoms. The number of anilines is 2. The highest BCUT2D eigenvalue weighted by molar-refractivity contribution is 6.17. The standard InChI is InChI=1S/C47H30N4O/c52-47-50(33-15-3-1-4-16-33)48-46(49-51(47)34-17-5-2-6-18-34)32-29-27-31(28-30-32)43(44-39-23-11-7-19-35(39)36-20-8-12-24-40(36)44)45-41-25-13-9-21-37(41)38-22-10-14-26-42(38)45/h1-30H. The number of hydrogen-bond donors (Lipinski definition) is 0. The predicted octanol–water partition coefficient (Wildman–Crippen LogP) is 10.6. The molecular weight excluding hydrogens is 637 g/mol. The number of allylic oxidation sites excluding steroid dienone is 1. The lowest BCUT2D eigenvalue weighted by Crippen LogP contribution is -2.52. The number of hydrazone groups is 1. The van der Waals surface area contributed by atoms with Crippen molar-refractivity contribution in [3.05, 3.63) is 221 Å². The highest BCUT2D eigenvalue weighted by atomic mass is 16.2. The van der Waals surface area contributed by atoms with Gasteiger partial charge in [0, 0.05) is 5.56 Å². The maximum Gasteiger partial charge on any atom is 0.370 e. The van der Waals surface area contributed by atoms with Crippen LogP contribution in [-0.2, 0) is 0 Å². The molecule has 0 spiro atoms. The van der Waals surface area contributed by atoms with E-state index in [0.717, 1.165) is 11.1 Å². The molecule has 244 valence electrons. The molecule has 52 heavy (non-hydrogen) atoms. The van der Waals surface area contributed by atoms with Gasteiger partial charge >= 0.3 is 6.03 Å². The van der Waals surface area contributed by atoms with Crippen LogP contribution in [0.1, 0.15) is 33.4 Å². The van der Waals surface area contributed by atoms with Crippen LogP contribution >= 0.6 is 0 Å². The van der Waals surface area contributed by atoms with Crippen LogP contribution in [0.25, 0.3) is 33.4 Å². The summed E-state index contributed by atoms with van der Waals surface area (Å²) in [5, 5.41) is 7.65. The Labute approximate surface area is 302 Å². The van der Waals surface area contributed by atoms with Gasteiger partial charge in [0.25, 0.3) is 0 Å². The second-order valence-corrected chi connectivity index (χ2v) is 13.0. The van der Waals surface area contributed by atoms with Gasteiger partial charge in [-0.05, 0) is 85.5 Å². The number of urea groups is 1. The summed E-state index contributed by atoms with van der Waals surface area (Å²) in [6, 6.07) is 62.0. The molecular formula is C47H30N4O. The number of nitrogens with zero attached hydrogens (tertiary/aromatic N) is 4. The van der Waals surface area contributed by atoms with Crippen molar-refractivity contribution in [2.24, 2.45) is 5.10 Å². The molecule has 0 saturated carbocycles. The normalized spacial score (nSPS) is 14.3. The molecule has 3 aliphatic rings. The summed E-state index contributed by atoms with van der Waals surface area (Å²) >= 11 is 0. The van der Waals surface area contributed by atoms with E-state index in [4.69, 9.17) is 10.5 Å². The minimum absolute atomic E-state index is 0.349. The third-order valence-corrected chi connectivity index (χ3v) is 10.1. The Kier molecular flexibility index (Phi) is 6.96. The van der Waals surface area contributed by atoms with E-state index >= 15 is 0 Å². The van der Waals surface area contributed by atoms with E-state index in [1.807, 2.05) is 60.7 Å². The fraction of sp³-hybridized carbons (Fsp3) is 0. The smallest absolute Gasteiger partial charge is 0.244 e. The number of para-hydroxylation sites is 2. The Bertz CT molecular complexity index is 2480. The van der Waals surface area contributed by atoms with Gasteiger partial charge in [-0.3, -0.25) is 0 Å². The molecule has 7 aromatic carbocycles. The maximum absolute atomic E-state index is 13.8. The zero-order chi connectivity index (χ0) is 34.6. The average Bonchev–Trinajstić information content (AvgIpc) is 3.72. The number of carbonyl (C=O) groups excluding carboxylic acids is 1. The fourth-order valence-corrected chi connectivity index (χ4v) is 7.75. The zero-order valence-electron chi connectivity index (χ0n) is 28.0. The van der Waals surface area contributed by atoms with Gasteiger partial charge in [-0.25, -0.2) is 4.79 Å². The van der Waals surface area contributed by atoms with Crippen molar-refractivity contribution >= 4 is 34.4 Å². The van der Waals surface area contributed by atoms with Crippen LogP contribution in [0, 0.1) is 5.92 Å². The quantitative estimate of drug-likeness (QED) is 0.180. The first kappa shape index (κ1) is 29.9. The lowest BCUT2D eigenvalue weighted by atomic mass is 9.79. The Hall–Kier alpha value is -6.98. The number of benzene rings is 7. The van der Waals surface area contributed by atoms with E-state index in [0.29, 0.717) is 17.2 Å². The Morgan fingerprint density at radius 3 is 1.31 bits per heavy atom. The monoisotopic (exact) mass is 666 g/mol. The summed E-state index contributed by atoms with van der Waals surface area (Å²) in [6.07, 6.45) is 0. The topological polar surface area (TPSA) is 50.0 Å². The first-order chi connectivity index (χ1) is 25.7. The van der Waals surface area contributed by atoms with E-state index in [1.54, 1.807) is 0 Å². The van der Waals surface area contributed by atoms with Crippen LogP contribution in [0.2, 0.25) is 0 Å². The van der Waals surface area contributed by atoms with Gasteiger partial charge in [0.15, 0.2) is 5.84 Å². The minimum Gasteiger partial charge on any atom is -0.244 e. The number of amides is 2. The minimum atomic E-state index is -0.349. The molecule has 5 heteroatoms. The number of hydrogen-bond acceptors (Lipinski definition) is 2. The van der Waals surface area contributed by atoms with Crippen molar-refractivity contribution in [3.8, 4) is 22.3 Å². The molecule has 0 atom stereocenters. The largest absolute Gasteiger partial charge is 0.370 e. The van der Waals surface area contributed by atoms with E-state index in [-0.39, 0.29) is 6.03 Å². The SMILES string of the molecule is O=C1N(c2ccccc2)[N]C(c2ccc(C([C]3c4ccccc4-c4ccccc43)=C3c4ccccc4-c4ccccc43)cc2)=NN1c1ccccc1. The van der Waals surface area contributed by atoms with Crippen molar-refractivity contribution in [1.29, 1.82) is 0 Å². The van der Waals surface area contributed by atoms with Gasteiger partial charge in [0.05, 0.1) is 17.3 Å². The van der Waals surface area contributed by atoms with Gasteiger partial charge < -0.3 is 0 Å². The summed E-state index contributed by atoms with van der Waals surface area (Å²) in [5.41, 5.74) is 20.3. The van der Waals surface area contributed by atoms with Crippen molar-refractivity contribution in [3.63, 3.8) is 0 Å². The third kappa shape index (κ3) is 4.71. The number of carbonyl (C=O) groups is 1. The molecule has 2 radical (unpaired) electrons. The third-order valence-electron chi connectivity index (χ3n) is 10.1. The van der Waals surface area contributed by atoms with E-state index in [9.17, 15) is 4.79 Å². The maximum atomic E-state index is 13.8. The van der Waals surface area contributed by atoms with E-state index in [2.05, 4.69) is 121 Å². The summed E-state index contributed by atoms with van der Waals surface area (Å²) in [6.45, 7) is 0. The lowest BCUT2D eigenvalue weighted by molar-refractivity contribution is 0.249. The molecule has 10 rings (SSSR count). The summed E-state index contributed by atoms with van der Waals surface area (Å²) in [5.74, 6) is 1.66. The molecule has 0 aromatic heterocycles. The average molecular weight is 667 g/mol. The molecule has 0 fully saturated rings. The first-order valence-electron chi connectivity index (χ1n) is 17.4. The van der Waals surface area contributed by atoms with Gasteiger partial charge in [-0.2, -0.15) is 10.0 Å². The molecule has 5 nitrogen and oxygen atoms in total. The van der Waals surface area contributed by atoms with Gasteiger partial charge in [-0.15, -0.1) is 10.5 Å². The molecule has 1 heterocycles. The van der Waals surface area contributed by atoms with Gasteiger partial charge in [0.1, 0.15) is 0 Å². The van der Waals surface area contributed by atoms with Crippen LogP contribution in [0.15, 0.2) is 187 Å². The highest BCUT2D eigenvalue weighted by Crippen LogP contribution is 2.56. The second-order valence-electron chi connectivity index (χ2n) is 13.0. The second kappa shape index (κ2) is 12.1. The summed E-state index contributed by atoms with van der Waals surface area (Å²) in [7, 11) is 0. The van der Waals surface area contributed by atoms with Gasteiger partial charge in [0.2, 0.25) is 0 Å². The molecule has 2 aliphatic carbocycles. The Morgan fingerprint density at radius 2 is 0.808 bits per heavy atom. The Balaban J connectivity index is 1.16. The molecule has 0 saturated heterocycles. The van der Waals surface area contributed by atoms with Gasteiger partial charge in [-0.1, -0.05) is 158 Å². The van der Waals surface area contributed by atoms with Crippen molar-refractivity contribution < 1.29 is 4.79 Å². The first-order valence-corrected chi connectivity index (χ1v) is 17.4. The van der Waals surface area contributed by atoms with E-state index < -0.39 is 0 Å². The van der Waals surface area contributed by atoms with Crippen LogP contribution in [0.4, 0.5) is 16.2 Å². The number of amidine groups is 1. The van der Waals surface area contributed by atoms with Crippen LogP contribution in [0.3, 0.4) is 0 Å². The van der Waals surface area contributed by atoms with Crippen molar-refractivity contribution in [2.45, 2.75) is 0 Å². The summed E-state index contributed by atoms with van der Waals surface area (Å²) in [4.78, 5) is 13.8. The van der Waals surface area contributed by atoms with E-state index in [1.165, 1.54) is 71.6 Å². The summed E-state index contributed by atoms with van der Waals surface area (Å²) < 4.78 is 0. The Morgan fingerprint density at radius 1 is 0.404 bits per heavy atom. The lowest BCUT2D eigenvalue weighted by Gasteiger charge is -2.31. The molecule has 0 unspecified atom stereocenters. The number of rotatable bonds is 5. The molecule has 7 aromatic rings. The zero-order valence-corrected chi connectivity index (χ0v) is 28.0. The van der Waals surface area contributed by atoms with Crippen LogP contribution in [-0.4, -0.2) is 11.9 Å². The molecule has 0 N–H and O–H groups in total.